The monoisotopic (exact) mass is 297 g/mol. The maximum Gasteiger partial charge on any atom is 0.241 e. The minimum Gasteiger partial charge on any atom is -0.312 e. The third-order valence-corrected chi connectivity index (χ3v) is 4.20. The maximum absolute atomic E-state index is 12.3. The van der Waals surface area contributed by atoms with E-state index in [4.69, 9.17) is 0 Å². The molecule has 94 valence electrons. The number of carbonyl (C=O) groups is 1. The summed E-state index contributed by atoms with van der Waals surface area (Å²) in [5.74, 6) is 0.424. The number of hydrogen-bond donors (Lipinski definition) is 0. The van der Waals surface area contributed by atoms with E-state index in [9.17, 15) is 4.79 Å². The summed E-state index contributed by atoms with van der Waals surface area (Å²) in [6.07, 6.45) is 0. The van der Waals surface area contributed by atoms with Crippen LogP contribution in [0.25, 0.3) is 0 Å². The van der Waals surface area contributed by atoms with Crippen molar-refractivity contribution >= 4 is 27.5 Å². The van der Waals surface area contributed by atoms with Gasteiger partial charge in [-0.25, -0.2) is 0 Å². The first-order chi connectivity index (χ1) is 7.97. The van der Waals surface area contributed by atoms with Crippen molar-refractivity contribution in [1.29, 1.82) is 0 Å². The number of nitrogens with zero attached hydrogens (tertiary/aromatic N) is 1. The van der Waals surface area contributed by atoms with E-state index in [0.717, 1.165) is 5.69 Å². The average molecular weight is 298 g/mol. The van der Waals surface area contributed by atoms with Crippen LogP contribution >= 0.6 is 15.9 Å². The van der Waals surface area contributed by atoms with Gasteiger partial charge in [-0.15, -0.1) is 0 Å². The Hall–Kier alpha value is -0.830. The Balaban J connectivity index is 2.91. The van der Waals surface area contributed by atoms with E-state index >= 15 is 0 Å². The molecule has 0 aliphatic carbocycles. The fraction of sp³-hybridized carbons (Fsp3) is 0.500. The second kappa shape index (κ2) is 6.20. The molecule has 0 radical (unpaired) electrons. The number of halogens is 1. The van der Waals surface area contributed by atoms with E-state index in [1.165, 1.54) is 5.56 Å². The summed E-state index contributed by atoms with van der Waals surface area (Å²) in [6.45, 7) is 8.82. The number of alkyl halides is 1. The molecule has 3 heteroatoms. The van der Waals surface area contributed by atoms with Crippen LogP contribution < -0.4 is 4.90 Å². The van der Waals surface area contributed by atoms with E-state index in [1.54, 1.807) is 0 Å². The molecule has 0 fully saturated rings. The third kappa shape index (κ3) is 3.56. The summed E-state index contributed by atoms with van der Waals surface area (Å²) < 4.78 is 0. The molecule has 0 N–H and O–H groups in total. The van der Waals surface area contributed by atoms with Crippen LogP contribution in [0.1, 0.15) is 26.3 Å². The highest BCUT2D eigenvalue weighted by molar-refractivity contribution is 9.10. The first kappa shape index (κ1) is 14.2. The van der Waals surface area contributed by atoms with Crippen molar-refractivity contribution in [2.75, 3.05) is 11.4 Å². The Morgan fingerprint density at radius 1 is 1.29 bits per heavy atom. The smallest absolute Gasteiger partial charge is 0.241 e. The van der Waals surface area contributed by atoms with Gasteiger partial charge in [0.05, 0.1) is 4.83 Å². The number of hydrogen-bond acceptors (Lipinski definition) is 1. The second-order valence-electron chi connectivity index (χ2n) is 4.56. The highest BCUT2D eigenvalue weighted by atomic mass is 79.9. The molecule has 0 saturated carbocycles. The van der Waals surface area contributed by atoms with Gasteiger partial charge in [0.25, 0.3) is 0 Å². The number of aryl methyl sites for hydroxylation is 1. The summed E-state index contributed by atoms with van der Waals surface area (Å²) in [5.41, 5.74) is 2.17. The molecule has 0 bridgehead atoms. The van der Waals surface area contributed by atoms with Crippen LogP contribution in [0.5, 0.6) is 0 Å². The zero-order valence-electron chi connectivity index (χ0n) is 10.9. The van der Waals surface area contributed by atoms with E-state index in [-0.39, 0.29) is 10.7 Å². The molecule has 1 aromatic rings. The van der Waals surface area contributed by atoms with Gasteiger partial charge in [0.2, 0.25) is 5.91 Å². The average Bonchev–Trinajstić information content (AvgIpc) is 2.31. The summed E-state index contributed by atoms with van der Waals surface area (Å²) in [7, 11) is 0. The number of anilines is 1. The van der Waals surface area contributed by atoms with Crippen molar-refractivity contribution in [3.63, 3.8) is 0 Å². The Morgan fingerprint density at radius 2 is 1.82 bits per heavy atom. The lowest BCUT2D eigenvalue weighted by Crippen LogP contribution is -2.38. The molecular formula is C14H20BrNO. The standard InChI is InChI=1S/C14H20BrNO/c1-5-16(14(17)13(15)10(2)3)12-8-6-11(4)7-9-12/h6-10,13H,5H2,1-4H3. The molecule has 2 nitrogen and oxygen atoms in total. The van der Waals surface area contributed by atoms with E-state index in [0.29, 0.717) is 12.5 Å². The molecule has 0 aliphatic heterocycles. The lowest BCUT2D eigenvalue weighted by atomic mass is 10.1. The molecule has 0 aromatic heterocycles. The second-order valence-corrected chi connectivity index (χ2v) is 5.55. The van der Waals surface area contributed by atoms with Crippen LogP contribution in [0.15, 0.2) is 24.3 Å². The normalized spacial score (nSPS) is 12.6. The van der Waals surface area contributed by atoms with Gasteiger partial charge in [0.15, 0.2) is 0 Å². The molecule has 0 heterocycles. The van der Waals surface area contributed by atoms with Crippen LogP contribution in [0.3, 0.4) is 0 Å². The lowest BCUT2D eigenvalue weighted by molar-refractivity contribution is -0.118. The maximum atomic E-state index is 12.3. The fourth-order valence-electron chi connectivity index (χ4n) is 1.62. The van der Waals surface area contributed by atoms with Crippen molar-refractivity contribution < 1.29 is 4.79 Å². The third-order valence-electron chi connectivity index (χ3n) is 2.75. The Kier molecular flexibility index (Phi) is 5.19. The van der Waals surface area contributed by atoms with Gasteiger partial charge < -0.3 is 4.90 Å². The number of benzene rings is 1. The zero-order chi connectivity index (χ0) is 13.0. The molecule has 1 atom stereocenters. The molecule has 17 heavy (non-hydrogen) atoms. The topological polar surface area (TPSA) is 20.3 Å². The minimum atomic E-state index is -0.122. The zero-order valence-corrected chi connectivity index (χ0v) is 12.5. The molecule has 1 aromatic carbocycles. The summed E-state index contributed by atoms with van der Waals surface area (Å²) in [5, 5.41) is 0. The van der Waals surface area contributed by atoms with Crippen LogP contribution in [-0.4, -0.2) is 17.3 Å². The number of amides is 1. The summed E-state index contributed by atoms with van der Waals surface area (Å²) >= 11 is 3.47. The van der Waals surface area contributed by atoms with Gasteiger partial charge in [-0.05, 0) is 31.9 Å². The fourth-order valence-corrected chi connectivity index (χ4v) is 1.87. The van der Waals surface area contributed by atoms with Crippen LogP contribution in [0, 0.1) is 12.8 Å². The van der Waals surface area contributed by atoms with Crippen molar-refractivity contribution in [3.8, 4) is 0 Å². The van der Waals surface area contributed by atoms with Crippen molar-refractivity contribution in [3.05, 3.63) is 29.8 Å². The molecule has 1 unspecified atom stereocenters. The van der Waals surface area contributed by atoms with Gasteiger partial charge >= 0.3 is 0 Å². The molecule has 1 rings (SSSR count). The van der Waals surface area contributed by atoms with E-state index in [2.05, 4.69) is 15.9 Å². The SMILES string of the molecule is CCN(C(=O)C(Br)C(C)C)c1ccc(C)cc1. The Bertz CT molecular complexity index is 372. The van der Waals surface area contributed by atoms with Gasteiger partial charge in [-0.3, -0.25) is 4.79 Å². The number of rotatable bonds is 4. The van der Waals surface area contributed by atoms with Crippen molar-refractivity contribution in [2.45, 2.75) is 32.5 Å². The van der Waals surface area contributed by atoms with Crippen molar-refractivity contribution in [2.24, 2.45) is 5.92 Å². The predicted molar refractivity (Wildman–Crippen MR) is 76.8 cm³/mol. The highest BCUT2D eigenvalue weighted by Gasteiger charge is 2.24. The molecule has 1 amide bonds. The van der Waals surface area contributed by atoms with Crippen LogP contribution in [0.2, 0.25) is 0 Å². The molecule has 0 spiro atoms. The number of carbonyl (C=O) groups excluding carboxylic acids is 1. The summed E-state index contributed by atoms with van der Waals surface area (Å²) in [4.78, 5) is 14.0. The molecule has 0 aliphatic rings. The molecule has 0 saturated heterocycles. The quantitative estimate of drug-likeness (QED) is 0.775. The Labute approximate surface area is 112 Å². The minimum absolute atomic E-state index is 0.122. The first-order valence-electron chi connectivity index (χ1n) is 5.99. The summed E-state index contributed by atoms with van der Waals surface area (Å²) in [6, 6.07) is 8.06. The lowest BCUT2D eigenvalue weighted by Gasteiger charge is -2.25. The van der Waals surface area contributed by atoms with Crippen molar-refractivity contribution in [1.82, 2.24) is 0 Å². The van der Waals surface area contributed by atoms with Gasteiger partial charge in [0.1, 0.15) is 0 Å². The largest absolute Gasteiger partial charge is 0.312 e. The molecular weight excluding hydrogens is 278 g/mol. The highest BCUT2D eigenvalue weighted by Crippen LogP contribution is 2.21. The van der Waals surface area contributed by atoms with E-state index < -0.39 is 0 Å². The van der Waals surface area contributed by atoms with Gasteiger partial charge in [-0.1, -0.05) is 47.5 Å². The van der Waals surface area contributed by atoms with E-state index in [1.807, 2.05) is 56.9 Å². The Morgan fingerprint density at radius 3 is 2.24 bits per heavy atom. The van der Waals surface area contributed by atoms with Gasteiger partial charge in [-0.2, -0.15) is 0 Å². The van der Waals surface area contributed by atoms with Crippen LogP contribution in [0.4, 0.5) is 5.69 Å². The van der Waals surface area contributed by atoms with Crippen LogP contribution in [-0.2, 0) is 4.79 Å². The van der Waals surface area contributed by atoms with Gasteiger partial charge in [0, 0.05) is 12.2 Å². The first-order valence-corrected chi connectivity index (χ1v) is 6.91. The predicted octanol–water partition coefficient (Wildman–Crippen LogP) is 3.77.